The quantitative estimate of drug-likeness (QED) is 0.819. The van der Waals surface area contributed by atoms with Crippen molar-refractivity contribution in [2.75, 3.05) is 0 Å². The molecule has 0 radical (unpaired) electrons. The number of hydrogen-bond acceptors (Lipinski definition) is 1. The molecule has 0 aromatic heterocycles. The molecule has 2 heteroatoms. The molecule has 2 rings (SSSR count). The molecule has 1 atom stereocenters. The van der Waals surface area contributed by atoms with E-state index in [-0.39, 0.29) is 6.04 Å². The Kier molecular flexibility index (Phi) is 5.22. The molecule has 2 N–H and O–H groups in total. The van der Waals surface area contributed by atoms with Gasteiger partial charge in [0.05, 0.1) is 6.04 Å². The number of rotatable bonds is 5. The van der Waals surface area contributed by atoms with Crippen LogP contribution in [0, 0.1) is 6.92 Å². The molecule has 2 aromatic carbocycles. The first-order valence-corrected chi connectivity index (χ1v) is 7.60. The zero-order chi connectivity index (χ0) is 14.5. The van der Waals surface area contributed by atoms with Crippen molar-refractivity contribution in [1.82, 2.24) is 0 Å². The maximum Gasteiger partial charge on any atom is 0.0552 e. The fourth-order valence-corrected chi connectivity index (χ4v) is 2.46. The second-order valence-corrected chi connectivity index (χ2v) is 5.74. The van der Waals surface area contributed by atoms with Gasteiger partial charge in [-0.05, 0) is 48.1 Å². The zero-order valence-corrected chi connectivity index (χ0v) is 13.0. The molecule has 0 fully saturated rings. The summed E-state index contributed by atoms with van der Waals surface area (Å²) in [5.74, 6) is 0. The molecule has 2 aromatic rings. The largest absolute Gasteiger partial charge is 0.320 e. The van der Waals surface area contributed by atoms with E-state index in [4.69, 9.17) is 17.3 Å². The Hall–Kier alpha value is -1.31. The predicted octanol–water partition coefficient (Wildman–Crippen LogP) is 5.04. The first-order valence-electron chi connectivity index (χ1n) is 7.22. The average Bonchev–Trinajstić information content (AvgIpc) is 2.48. The molecule has 0 saturated heterocycles. The molecule has 0 spiro atoms. The van der Waals surface area contributed by atoms with Crippen LogP contribution < -0.4 is 5.73 Å². The Morgan fingerprint density at radius 1 is 1.05 bits per heavy atom. The van der Waals surface area contributed by atoms with Gasteiger partial charge in [0.15, 0.2) is 0 Å². The molecule has 0 heterocycles. The van der Waals surface area contributed by atoms with E-state index in [2.05, 4.69) is 37.3 Å². The monoisotopic (exact) mass is 287 g/mol. The molecule has 1 unspecified atom stereocenters. The second-order valence-electron chi connectivity index (χ2n) is 5.33. The van der Waals surface area contributed by atoms with Crippen LogP contribution in [0.15, 0.2) is 42.5 Å². The molecule has 0 aliphatic carbocycles. The Labute approximate surface area is 126 Å². The number of nitrogens with two attached hydrogens (primary N) is 1. The third-order valence-corrected chi connectivity index (χ3v) is 4.12. The van der Waals surface area contributed by atoms with Crippen molar-refractivity contribution < 1.29 is 0 Å². The first kappa shape index (κ1) is 15.1. The van der Waals surface area contributed by atoms with Crippen molar-refractivity contribution in [2.45, 2.75) is 39.2 Å². The summed E-state index contributed by atoms with van der Waals surface area (Å²) in [6.45, 7) is 4.21. The van der Waals surface area contributed by atoms with E-state index < -0.39 is 0 Å². The van der Waals surface area contributed by atoms with E-state index in [1.807, 2.05) is 19.1 Å². The van der Waals surface area contributed by atoms with Crippen molar-refractivity contribution in [3.05, 3.63) is 69.7 Å². The summed E-state index contributed by atoms with van der Waals surface area (Å²) in [5, 5.41) is 0.775. The van der Waals surface area contributed by atoms with Gasteiger partial charge in [-0.25, -0.2) is 0 Å². The van der Waals surface area contributed by atoms with Crippen LogP contribution >= 0.6 is 11.6 Å². The summed E-state index contributed by atoms with van der Waals surface area (Å²) in [6, 6.07) is 14.5. The van der Waals surface area contributed by atoms with Gasteiger partial charge in [0.1, 0.15) is 0 Å². The minimum atomic E-state index is -0.117. The van der Waals surface area contributed by atoms with E-state index in [1.165, 1.54) is 18.4 Å². The molecule has 0 amide bonds. The smallest absolute Gasteiger partial charge is 0.0552 e. The molecule has 0 saturated carbocycles. The van der Waals surface area contributed by atoms with E-state index in [0.29, 0.717) is 0 Å². The Morgan fingerprint density at radius 3 is 2.30 bits per heavy atom. The lowest BCUT2D eigenvalue weighted by Crippen LogP contribution is -2.11. The summed E-state index contributed by atoms with van der Waals surface area (Å²) in [4.78, 5) is 0. The van der Waals surface area contributed by atoms with Gasteiger partial charge in [-0.3, -0.25) is 0 Å². The van der Waals surface area contributed by atoms with Crippen LogP contribution in [0.5, 0.6) is 0 Å². The van der Waals surface area contributed by atoms with Crippen molar-refractivity contribution in [3.8, 4) is 0 Å². The van der Waals surface area contributed by atoms with Crippen molar-refractivity contribution in [2.24, 2.45) is 5.73 Å². The van der Waals surface area contributed by atoms with Crippen LogP contribution in [0.25, 0.3) is 0 Å². The van der Waals surface area contributed by atoms with E-state index in [0.717, 1.165) is 28.1 Å². The van der Waals surface area contributed by atoms with E-state index in [1.54, 1.807) is 0 Å². The van der Waals surface area contributed by atoms with Crippen molar-refractivity contribution in [3.63, 3.8) is 0 Å². The molecule has 0 aliphatic heterocycles. The number of aryl methyl sites for hydroxylation is 2. The minimum Gasteiger partial charge on any atom is -0.320 e. The summed E-state index contributed by atoms with van der Waals surface area (Å²) in [7, 11) is 0. The van der Waals surface area contributed by atoms with Gasteiger partial charge in [-0.2, -0.15) is 0 Å². The van der Waals surface area contributed by atoms with E-state index >= 15 is 0 Å². The minimum absolute atomic E-state index is 0.117. The van der Waals surface area contributed by atoms with Crippen LogP contribution in [-0.4, -0.2) is 0 Å². The van der Waals surface area contributed by atoms with Crippen LogP contribution in [-0.2, 0) is 6.42 Å². The Morgan fingerprint density at radius 2 is 1.70 bits per heavy atom. The zero-order valence-electron chi connectivity index (χ0n) is 12.2. The molecule has 106 valence electrons. The summed E-state index contributed by atoms with van der Waals surface area (Å²) < 4.78 is 0. The molecular formula is C18H22ClN. The van der Waals surface area contributed by atoms with Crippen LogP contribution in [0.3, 0.4) is 0 Å². The fourth-order valence-electron chi connectivity index (χ4n) is 2.27. The third-order valence-electron chi connectivity index (χ3n) is 3.71. The van der Waals surface area contributed by atoms with Gasteiger partial charge in [0, 0.05) is 5.02 Å². The summed E-state index contributed by atoms with van der Waals surface area (Å²) >= 11 is 6.17. The standard InChI is InChI=1S/C18H22ClN/c1-3-4-5-14-7-10-15(11-8-14)18(20)16-9-6-13(2)17(19)12-16/h6-12,18H,3-5,20H2,1-2H3. The predicted molar refractivity (Wildman–Crippen MR) is 87.3 cm³/mol. The lowest BCUT2D eigenvalue weighted by Gasteiger charge is -2.14. The van der Waals surface area contributed by atoms with Crippen LogP contribution in [0.2, 0.25) is 5.02 Å². The Bertz CT molecular complexity index is 560. The van der Waals surface area contributed by atoms with Gasteiger partial charge in [-0.1, -0.05) is 61.3 Å². The number of hydrogen-bond donors (Lipinski definition) is 1. The average molecular weight is 288 g/mol. The number of unbranched alkanes of at least 4 members (excludes halogenated alkanes) is 1. The summed E-state index contributed by atoms with van der Waals surface area (Å²) in [5.41, 5.74) is 11.0. The second kappa shape index (κ2) is 6.92. The number of halogens is 1. The molecule has 0 aliphatic rings. The maximum absolute atomic E-state index is 6.33. The lowest BCUT2D eigenvalue weighted by atomic mass is 9.97. The first-order chi connectivity index (χ1) is 9.61. The third kappa shape index (κ3) is 3.62. The highest BCUT2D eigenvalue weighted by molar-refractivity contribution is 6.31. The topological polar surface area (TPSA) is 26.0 Å². The SMILES string of the molecule is CCCCc1ccc(C(N)c2ccc(C)c(Cl)c2)cc1. The maximum atomic E-state index is 6.33. The highest BCUT2D eigenvalue weighted by Crippen LogP contribution is 2.25. The summed E-state index contributed by atoms with van der Waals surface area (Å²) in [6.07, 6.45) is 3.60. The Balaban J connectivity index is 2.15. The van der Waals surface area contributed by atoms with Gasteiger partial charge in [-0.15, -0.1) is 0 Å². The van der Waals surface area contributed by atoms with Gasteiger partial charge < -0.3 is 5.73 Å². The van der Waals surface area contributed by atoms with Gasteiger partial charge >= 0.3 is 0 Å². The molecule has 0 bridgehead atoms. The van der Waals surface area contributed by atoms with E-state index in [9.17, 15) is 0 Å². The highest BCUT2D eigenvalue weighted by Gasteiger charge is 2.10. The van der Waals surface area contributed by atoms with Crippen molar-refractivity contribution >= 4 is 11.6 Å². The fraction of sp³-hybridized carbons (Fsp3) is 0.333. The van der Waals surface area contributed by atoms with Gasteiger partial charge in [0.2, 0.25) is 0 Å². The molecular weight excluding hydrogens is 266 g/mol. The molecule has 1 nitrogen and oxygen atoms in total. The number of benzene rings is 2. The highest BCUT2D eigenvalue weighted by atomic mass is 35.5. The lowest BCUT2D eigenvalue weighted by molar-refractivity contribution is 0.793. The van der Waals surface area contributed by atoms with Gasteiger partial charge in [0.25, 0.3) is 0 Å². The molecule has 20 heavy (non-hydrogen) atoms. The van der Waals surface area contributed by atoms with Crippen LogP contribution in [0.4, 0.5) is 0 Å². The van der Waals surface area contributed by atoms with Crippen molar-refractivity contribution in [1.29, 1.82) is 0 Å². The van der Waals surface area contributed by atoms with Crippen LogP contribution in [0.1, 0.15) is 48.1 Å². The normalized spacial score (nSPS) is 12.4.